The van der Waals surface area contributed by atoms with Crippen LogP contribution in [-0.4, -0.2) is 33.8 Å². The maximum absolute atomic E-state index is 9.89. The summed E-state index contributed by atoms with van der Waals surface area (Å²) in [6, 6.07) is 2.14. The summed E-state index contributed by atoms with van der Waals surface area (Å²) in [5, 5.41) is 17.4. The molecule has 2 rings (SSSR count). The predicted molar refractivity (Wildman–Crippen MR) is 90.4 cm³/mol. The number of hydrogen-bond donors (Lipinski definition) is 3. The fraction of sp³-hybridized carbons (Fsp3) is 0.600. The highest BCUT2D eigenvalue weighted by atomic mass is 32.1. The van der Waals surface area contributed by atoms with E-state index in [1.54, 1.807) is 25.2 Å². The number of aliphatic hydroxyl groups is 1. The second kappa shape index (κ2) is 6.58. The number of anilines is 2. The van der Waals surface area contributed by atoms with Crippen molar-refractivity contribution < 1.29 is 5.11 Å². The third-order valence-electron chi connectivity index (χ3n) is 3.01. The molecule has 0 radical (unpaired) electrons. The first kappa shape index (κ1) is 16.0. The van der Waals surface area contributed by atoms with Crippen molar-refractivity contribution in [3.63, 3.8) is 0 Å². The van der Waals surface area contributed by atoms with Crippen molar-refractivity contribution in [1.82, 2.24) is 9.97 Å². The minimum atomic E-state index is -0.780. The van der Waals surface area contributed by atoms with Gasteiger partial charge >= 0.3 is 0 Å². The van der Waals surface area contributed by atoms with Crippen molar-refractivity contribution in [1.29, 1.82) is 0 Å². The topological polar surface area (TPSA) is 70.1 Å². The van der Waals surface area contributed by atoms with E-state index < -0.39 is 5.60 Å². The van der Waals surface area contributed by atoms with Crippen LogP contribution in [0.4, 0.5) is 11.8 Å². The summed E-state index contributed by atoms with van der Waals surface area (Å²) in [6.45, 7) is 9.10. The first-order valence-electron chi connectivity index (χ1n) is 7.43. The van der Waals surface area contributed by atoms with Gasteiger partial charge in [-0.3, -0.25) is 0 Å². The van der Waals surface area contributed by atoms with Gasteiger partial charge in [-0.15, -0.1) is 11.3 Å². The monoisotopic (exact) mass is 308 g/mol. The van der Waals surface area contributed by atoms with Crippen LogP contribution in [0.3, 0.4) is 0 Å². The van der Waals surface area contributed by atoms with Gasteiger partial charge in [0.2, 0.25) is 5.95 Å². The van der Waals surface area contributed by atoms with E-state index in [0.29, 0.717) is 12.5 Å². The van der Waals surface area contributed by atoms with Crippen molar-refractivity contribution in [3.05, 3.63) is 10.9 Å². The largest absolute Gasteiger partial charge is 0.389 e. The number of aromatic nitrogens is 2. The van der Waals surface area contributed by atoms with Crippen molar-refractivity contribution in [2.24, 2.45) is 0 Å². The summed E-state index contributed by atoms with van der Waals surface area (Å²) in [6.07, 6.45) is 2.02. The lowest BCUT2D eigenvalue weighted by Gasteiger charge is -2.18. The standard InChI is InChI=1S/C15H24N4OS/c1-5-7-16-14-18-12(17-9-15(3,4)20)11-8-10(6-2)21-13(11)19-14/h8,20H,5-7,9H2,1-4H3,(H2,16,17,18,19). The summed E-state index contributed by atoms with van der Waals surface area (Å²) in [7, 11) is 0. The lowest BCUT2D eigenvalue weighted by atomic mass is 10.1. The van der Waals surface area contributed by atoms with Gasteiger partial charge in [-0.25, -0.2) is 4.98 Å². The Morgan fingerprint density at radius 1 is 1.24 bits per heavy atom. The van der Waals surface area contributed by atoms with E-state index in [0.717, 1.165) is 35.4 Å². The average Bonchev–Trinajstić information content (AvgIpc) is 2.84. The average molecular weight is 308 g/mol. The van der Waals surface area contributed by atoms with Crippen molar-refractivity contribution in [2.75, 3.05) is 23.7 Å². The summed E-state index contributed by atoms with van der Waals surface area (Å²) in [5.74, 6) is 1.43. The number of nitrogens with zero attached hydrogens (tertiary/aromatic N) is 2. The van der Waals surface area contributed by atoms with Crippen LogP contribution >= 0.6 is 11.3 Å². The minimum Gasteiger partial charge on any atom is -0.389 e. The SMILES string of the molecule is CCCNc1nc(NCC(C)(C)O)c2cc(CC)sc2n1. The van der Waals surface area contributed by atoms with Gasteiger partial charge in [0.1, 0.15) is 10.6 Å². The van der Waals surface area contributed by atoms with E-state index in [4.69, 9.17) is 0 Å². The van der Waals surface area contributed by atoms with Crippen LogP contribution in [0.25, 0.3) is 10.2 Å². The Kier molecular flexibility index (Phi) is 5.00. The van der Waals surface area contributed by atoms with Crippen LogP contribution in [0.1, 0.15) is 39.0 Å². The first-order chi connectivity index (χ1) is 9.93. The fourth-order valence-corrected chi connectivity index (χ4v) is 2.86. The van der Waals surface area contributed by atoms with E-state index in [-0.39, 0.29) is 0 Å². The van der Waals surface area contributed by atoms with E-state index in [1.807, 2.05) is 0 Å². The van der Waals surface area contributed by atoms with Gasteiger partial charge in [-0.1, -0.05) is 13.8 Å². The van der Waals surface area contributed by atoms with Gasteiger partial charge in [0.15, 0.2) is 0 Å². The minimum absolute atomic E-state index is 0.448. The van der Waals surface area contributed by atoms with Gasteiger partial charge in [0, 0.05) is 18.0 Å². The molecule has 2 aromatic heterocycles. The maximum Gasteiger partial charge on any atom is 0.226 e. The molecule has 116 valence electrons. The van der Waals surface area contributed by atoms with E-state index >= 15 is 0 Å². The molecule has 0 atom stereocenters. The molecule has 5 nitrogen and oxygen atoms in total. The predicted octanol–water partition coefficient (Wildman–Crippen LogP) is 3.26. The molecule has 0 aliphatic carbocycles. The summed E-state index contributed by atoms with van der Waals surface area (Å²) in [4.78, 5) is 11.4. The van der Waals surface area contributed by atoms with Gasteiger partial charge < -0.3 is 15.7 Å². The molecule has 2 heterocycles. The van der Waals surface area contributed by atoms with Crippen LogP contribution in [0, 0.1) is 0 Å². The quantitative estimate of drug-likeness (QED) is 0.732. The van der Waals surface area contributed by atoms with E-state index in [2.05, 4.69) is 40.5 Å². The zero-order valence-electron chi connectivity index (χ0n) is 13.2. The molecule has 21 heavy (non-hydrogen) atoms. The smallest absolute Gasteiger partial charge is 0.226 e. The van der Waals surface area contributed by atoms with Gasteiger partial charge in [-0.2, -0.15) is 4.98 Å². The Hall–Kier alpha value is -1.40. The van der Waals surface area contributed by atoms with Crippen LogP contribution in [0.2, 0.25) is 0 Å². The highest BCUT2D eigenvalue weighted by Crippen LogP contribution is 2.30. The molecule has 6 heteroatoms. The van der Waals surface area contributed by atoms with E-state index in [1.165, 1.54) is 4.88 Å². The van der Waals surface area contributed by atoms with Crippen LogP contribution in [0.15, 0.2) is 6.07 Å². The molecule has 0 saturated heterocycles. The van der Waals surface area contributed by atoms with Crippen molar-refractivity contribution >= 4 is 33.3 Å². The van der Waals surface area contributed by atoms with Gasteiger partial charge in [0.05, 0.1) is 11.0 Å². The summed E-state index contributed by atoms with van der Waals surface area (Å²) in [5.41, 5.74) is -0.780. The fourth-order valence-electron chi connectivity index (χ4n) is 1.90. The van der Waals surface area contributed by atoms with Crippen molar-refractivity contribution in [3.8, 4) is 0 Å². The Balaban J connectivity index is 2.35. The number of rotatable bonds is 7. The number of thiophene rings is 1. The highest BCUT2D eigenvalue weighted by Gasteiger charge is 2.16. The van der Waals surface area contributed by atoms with Gasteiger partial charge in [0.25, 0.3) is 0 Å². The van der Waals surface area contributed by atoms with Crippen LogP contribution in [-0.2, 0) is 6.42 Å². The Bertz CT molecular complexity index is 603. The molecule has 0 unspecified atom stereocenters. The third kappa shape index (κ3) is 4.28. The zero-order valence-corrected chi connectivity index (χ0v) is 14.0. The number of nitrogens with one attached hydrogen (secondary N) is 2. The Labute approximate surface area is 129 Å². The molecule has 0 spiro atoms. The molecule has 0 aliphatic heterocycles. The third-order valence-corrected chi connectivity index (χ3v) is 4.19. The zero-order chi connectivity index (χ0) is 15.5. The maximum atomic E-state index is 9.89. The number of hydrogen-bond acceptors (Lipinski definition) is 6. The summed E-state index contributed by atoms with van der Waals surface area (Å²) < 4.78 is 0. The molecule has 3 N–H and O–H groups in total. The molecule has 0 aromatic carbocycles. The molecule has 2 aromatic rings. The van der Waals surface area contributed by atoms with Crippen LogP contribution < -0.4 is 10.6 Å². The molecular weight excluding hydrogens is 284 g/mol. The van der Waals surface area contributed by atoms with Gasteiger partial charge in [-0.05, 0) is 32.8 Å². The highest BCUT2D eigenvalue weighted by molar-refractivity contribution is 7.18. The first-order valence-corrected chi connectivity index (χ1v) is 8.25. The normalized spacial score (nSPS) is 11.9. The van der Waals surface area contributed by atoms with Crippen LogP contribution in [0.5, 0.6) is 0 Å². The van der Waals surface area contributed by atoms with E-state index in [9.17, 15) is 5.11 Å². The molecule has 0 aliphatic rings. The molecule has 0 bridgehead atoms. The second-order valence-corrected chi connectivity index (χ2v) is 6.89. The second-order valence-electron chi connectivity index (χ2n) is 5.77. The Morgan fingerprint density at radius 3 is 2.62 bits per heavy atom. The number of fused-ring (bicyclic) bond motifs is 1. The van der Waals surface area contributed by atoms with Crippen molar-refractivity contribution in [2.45, 2.75) is 46.1 Å². The molecule has 0 fully saturated rings. The summed E-state index contributed by atoms with van der Waals surface area (Å²) >= 11 is 1.70. The lowest BCUT2D eigenvalue weighted by Crippen LogP contribution is -2.29. The molecule has 0 amide bonds. The Morgan fingerprint density at radius 2 is 2.00 bits per heavy atom. The molecular formula is C15H24N4OS. The lowest BCUT2D eigenvalue weighted by molar-refractivity contribution is 0.0944. The molecule has 0 saturated carbocycles. The number of aryl methyl sites for hydroxylation is 1.